The summed E-state index contributed by atoms with van der Waals surface area (Å²) in [5.74, 6) is -2.10. The van der Waals surface area contributed by atoms with Crippen molar-refractivity contribution in [2.24, 2.45) is 7.05 Å². The Morgan fingerprint density at radius 2 is 1.92 bits per heavy atom. The second-order valence-electron chi connectivity index (χ2n) is 7.96. The fourth-order valence-corrected chi connectivity index (χ4v) is 3.62. The van der Waals surface area contributed by atoms with Gasteiger partial charge in [0.25, 0.3) is 0 Å². The number of carboxylic acid groups (broad SMARTS) is 1. The minimum absolute atomic E-state index is 0.0866. The first-order valence-corrected chi connectivity index (χ1v) is 11.3. The number of aromatic nitrogens is 6. The van der Waals surface area contributed by atoms with Crippen molar-refractivity contribution in [3.8, 4) is 5.69 Å². The number of carboxylic acids is 1. The zero-order chi connectivity index (χ0) is 26.4. The van der Waals surface area contributed by atoms with E-state index in [1.165, 1.54) is 41.4 Å². The van der Waals surface area contributed by atoms with Gasteiger partial charge in [0.05, 0.1) is 23.3 Å². The zero-order valence-electron chi connectivity index (χ0n) is 19.4. The summed E-state index contributed by atoms with van der Waals surface area (Å²) in [5.41, 5.74) is 2.26. The molecule has 1 atom stereocenters. The molecule has 0 aliphatic carbocycles. The van der Waals surface area contributed by atoms with Crippen LogP contribution in [0, 0.1) is 0 Å². The molecule has 37 heavy (non-hydrogen) atoms. The second kappa shape index (κ2) is 11.3. The van der Waals surface area contributed by atoms with E-state index in [-0.39, 0.29) is 12.0 Å². The lowest BCUT2D eigenvalue weighted by atomic mass is 10.1. The number of hydrogen-bond acceptors (Lipinski definition) is 7. The Labute approximate surface area is 215 Å². The molecule has 2 aromatic heterocycles. The third kappa shape index (κ3) is 6.64. The molecule has 2 amide bonds. The van der Waals surface area contributed by atoms with Crippen molar-refractivity contribution >= 4 is 41.1 Å². The number of carbonyl (C=O) groups is 3. The molecule has 2 heterocycles. The Hall–Kier alpha value is -4.84. The van der Waals surface area contributed by atoms with Crippen molar-refractivity contribution in [1.29, 1.82) is 0 Å². The number of imidazole rings is 1. The Morgan fingerprint density at radius 1 is 1.14 bits per heavy atom. The lowest BCUT2D eigenvalue weighted by Crippen LogP contribution is -2.44. The standard InChI is InChI=1S/C24H21ClN8O4/c1-32-12-19(26-13-32)11-20(23(35)28-18-6-2-15(3-7-18)24(36)37)29-22(34)9-4-16-10-17(25)5-8-21(16)33-14-27-30-31-33/h2-10,12-14,20H,11H2,1H3,(H,28,35)(H,29,34)(H,36,37). The van der Waals surface area contributed by atoms with Crippen LogP contribution in [0.5, 0.6) is 0 Å². The summed E-state index contributed by atoms with van der Waals surface area (Å²) in [6.45, 7) is 0. The van der Waals surface area contributed by atoms with Gasteiger partial charge in [-0.3, -0.25) is 9.59 Å². The summed E-state index contributed by atoms with van der Waals surface area (Å²) in [6, 6.07) is 9.77. The molecule has 1 unspecified atom stereocenters. The van der Waals surface area contributed by atoms with Gasteiger partial charge >= 0.3 is 5.97 Å². The molecule has 0 radical (unpaired) electrons. The van der Waals surface area contributed by atoms with Crippen LogP contribution in [0.2, 0.25) is 5.02 Å². The van der Waals surface area contributed by atoms with Gasteiger partial charge in [0.15, 0.2) is 0 Å². The Bertz CT molecular complexity index is 1450. The van der Waals surface area contributed by atoms with Crippen molar-refractivity contribution in [1.82, 2.24) is 35.1 Å². The summed E-state index contributed by atoms with van der Waals surface area (Å²) in [4.78, 5) is 41.2. The predicted molar refractivity (Wildman–Crippen MR) is 134 cm³/mol. The monoisotopic (exact) mass is 520 g/mol. The molecule has 0 saturated heterocycles. The molecular weight excluding hydrogens is 500 g/mol. The van der Waals surface area contributed by atoms with E-state index in [9.17, 15) is 14.4 Å². The largest absolute Gasteiger partial charge is 0.478 e. The smallest absolute Gasteiger partial charge is 0.335 e. The van der Waals surface area contributed by atoms with Gasteiger partial charge in [0.1, 0.15) is 12.4 Å². The lowest BCUT2D eigenvalue weighted by Gasteiger charge is -2.17. The first kappa shape index (κ1) is 25.3. The van der Waals surface area contributed by atoms with E-state index < -0.39 is 23.8 Å². The molecule has 4 aromatic rings. The van der Waals surface area contributed by atoms with E-state index in [1.807, 2.05) is 0 Å². The maximum atomic E-state index is 13.1. The molecular formula is C24H21ClN8O4. The first-order chi connectivity index (χ1) is 17.8. The number of tetrazole rings is 1. The number of carbonyl (C=O) groups excluding carboxylic acids is 2. The maximum Gasteiger partial charge on any atom is 0.335 e. The van der Waals surface area contributed by atoms with Gasteiger partial charge in [-0.25, -0.2) is 9.78 Å². The van der Waals surface area contributed by atoms with E-state index in [0.717, 1.165) is 0 Å². The molecule has 2 aromatic carbocycles. The number of aryl methyl sites for hydroxylation is 1. The molecule has 0 spiro atoms. The van der Waals surface area contributed by atoms with Crippen molar-refractivity contribution in [3.63, 3.8) is 0 Å². The predicted octanol–water partition coefficient (Wildman–Crippen LogP) is 2.13. The van der Waals surface area contributed by atoms with Crippen LogP contribution in [-0.4, -0.2) is 58.7 Å². The van der Waals surface area contributed by atoms with Gasteiger partial charge in [-0.2, -0.15) is 4.68 Å². The summed E-state index contributed by atoms with van der Waals surface area (Å²) in [6.07, 6.45) is 7.70. The van der Waals surface area contributed by atoms with E-state index in [2.05, 4.69) is 31.1 Å². The normalized spacial score (nSPS) is 11.8. The van der Waals surface area contributed by atoms with E-state index in [4.69, 9.17) is 16.7 Å². The summed E-state index contributed by atoms with van der Waals surface area (Å²) >= 11 is 6.13. The summed E-state index contributed by atoms with van der Waals surface area (Å²) in [7, 11) is 1.80. The number of anilines is 1. The quantitative estimate of drug-likeness (QED) is 0.283. The average Bonchev–Trinajstić information content (AvgIpc) is 3.55. The number of benzene rings is 2. The summed E-state index contributed by atoms with van der Waals surface area (Å²) < 4.78 is 3.16. The molecule has 0 fully saturated rings. The van der Waals surface area contributed by atoms with Crippen LogP contribution in [0.1, 0.15) is 21.6 Å². The van der Waals surface area contributed by atoms with Gasteiger partial charge in [-0.1, -0.05) is 11.6 Å². The van der Waals surface area contributed by atoms with Gasteiger partial charge in [-0.05, 0) is 59.0 Å². The topological polar surface area (TPSA) is 157 Å². The highest BCUT2D eigenvalue weighted by molar-refractivity contribution is 6.30. The van der Waals surface area contributed by atoms with Crippen molar-refractivity contribution < 1.29 is 19.5 Å². The van der Waals surface area contributed by atoms with Gasteiger partial charge in [0.2, 0.25) is 11.8 Å². The number of aromatic carboxylic acids is 1. The van der Waals surface area contributed by atoms with E-state index in [0.29, 0.717) is 27.7 Å². The lowest BCUT2D eigenvalue weighted by molar-refractivity contribution is -0.123. The molecule has 13 heteroatoms. The molecule has 12 nitrogen and oxygen atoms in total. The number of nitrogens with zero attached hydrogens (tertiary/aromatic N) is 6. The Kier molecular flexibility index (Phi) is 7.69. The molecule has 4 rings (SSSR count). The van der Waals surface area contributed by atoms with Crippen molar-refractivity contribution in [3.05, 3.63) is 89.2 Å². The summed E-state index contributed by atoms with van der Waals surface area (Å²) in [5, 5.41) is 26.0. The first-order valence-electron chi connectivity index (χ1n) is 10.9. The van der Waals surface area contributed by atoms with Crippen LogP contribution in [0.15, 0.2) is 67.4 Å². The average molecular weight is 521 g/mol. The maximum absolute atomic E-state index is 13.1. The van der Waals surface area contributed by atoms with Crippen LogP contribution in [-0.2, 0) is 23.1 Å². The molecule has 0 bridgehead atoms. The molecule has 0 aliphatic rings. The van der Waals surface area contributed by atoms with Gasteiger partial charge < -0.3 is 20.3 Å². The zero-order valence-corrected chi connectivity index (χ0v) is 20.2. The number of amides is 2. The van der Waals surface area contributed by atoms with Crippen LogP contribution < -0.4 is 10.6 Å². The Morgan fingerprint density at radius 3 is 2.57 bits per heavy atom. The second-order valence-corrected chi connectivity index (χ2v) is 8.39. The van der Waals surface area contributed by atoms with Crippen molar-refractivity contribution in [2.45, 2.75) is 12.5 Å². The Balaban J connectivity index is 1.51. The van der Waals surface area contributed by atoms with Crippen LogP contribution in [0.4, 0.5) is 5.69 Å². The highest BCUT2D eigenvalue weighted by Gasteiger charge is 2.22. The molecule has 3 N–H and O–H groups in total. The minimum Gasteiger partial charge on any atom is -0.478 e. The number of hydrogen-bond donors (Lipinski definition) is 3. The van der Waals surface area contributed by atoms with Crippen molar-refractivity contribution in [2.75, 3.05) is 5.32 Å². The minimum atomic E-state index is -1.08. The number of nitrogens with one attached hydrogen (secondary N) is 2. The number of halogens is 1. The highest BCUT2D eigenvalue weighted by atomic mass is 35.5. The third-order valence-electron chi connectivity index (χ3n) is 5.20. The number of rotatable bonds is 9. The van der Waals surface area contributed by atoms with Crippen LogP contribution >= 0.6 is 11.6 Å². The molecule has 188 valence electrons. The molecule has 0 aliphatic heterocycles. The molecule has 0 saturated carbocycles. The van der Waals surface area contributed by atoms with Gasteiger partial charge in [-0.15, -0.1) is 5.10 Å². The van der Waals surface area contributed by atoms with E-state index >= 15 is 0 Å². The van der Waals surface area contributed by atoms with Crippen LogP contribution in [0.3, 0.4) is 0 Å². The van der Waals surface area contributed by atoms with Gasteiger partial charge in [0, 0.05) is 42.0 Å². The fourth-order valence-electron chi connectivity index (χ4n) is 3.44. The van der Waals surface area contributed by atoms with E-state index in [1.54, 1.807) is 48.4 Å². The SMILES string of the molecule is Cn1cnc(CC(NC(=O)C=Cc2cc(Cl)ccc2-n2cnnn2)C(=O)Nc2ccc(C(=O)O)cc2)c1. The third-order valence-corrected chi connectivity index (χ3v) is 5.44. The fraction of sp³-hybridized carbons (Fsp3) is 0.125. The van der Waals surface area contributed by atoms with Crippen LogP contribution in [0.25, 0.3) is 11.8 Å². The highest BCUT2D eigenvalue weighted by Crippen LogP contribution is 2.20.